The van der Waals surface area contributed by atoms with Crippen LogP contribution in [0.5, 0.6) is 0 Å². The standard InChI is InChI=1S/C10H19NO4S/c1-10(2,3)15-9(12)11-7-5-8(6-7)16(4,13)14/h7-8H,5-6H2,1-4H3,(H,11,12)/t7-,8-. The summed E-state index contributed by atoms with van der Waals surface area (Å²) in [6, 6.07) is -0.0745. The molecule has 0 radical (unpaired) electrons. The number of sulfone groups is 1. The van der Waals surface area contributed by atoms with Crippen molar-refractivity contribution in [3.63, 3.8) is 0 Å². The van der Waals surface area contributed by atoms with Crippen LogP contribution in [0, 0.1) is 0 Å². The molecule has 1 rings (SSSR count). The van der Waals surface area contributed by atoms with Gasteiger partial charge in [0.1, 0.15) is 15.4 Å². The molecule has 0 atom stereocenters. The minimum Gasteiger partial charge on any atom is -0.444 e. The van der Waals surface area contributed by atoms with Crippen LogP contribution < -0.4 is 5.32 Å². The van der Waals surface area contributed by atoms with E-state index in [1.54, 1.807) is 20.8 Å². The summed E-state index contributed by atoms with van der Waals surface area (Å²) in [7, 11) is -2.96. The van der Waals surface area contributed by atoms with Gasteiger partial charge in [-0.15, -0.1) is 0 Å². The Hall–Kier alpha value is -0.780. The summed E-state index contributed by atoms with van der Waals surface area (Å²) in [6.45, 7) is 5.35. The topological polar surface area (TPSA) is 72.5 Å². The zero-order valence-electron chi connectivity index (χ0n) is 10.1. The normalized spacial score (nSPS) is 25.8. The molecule has 1 aliphatic carbocycles. The molecule has 94 valence electrons. The van der Waals surface area contributed by atoms with Crippen LogP contribution >= 0.6 is 0 Å². The summed E-state index contributed by atoms with van der Waals surface area (Å²) in [6.07, 6.45) is 1.71. The predicted molar refractivity (Wildman–Crippen MR) is 61.0 cm³/mol. The molecule has 6 heteroatoms. The molecule has 1 aliphatic rings. The first-order valence-electron chi connectivity index (χ1n) is 5.26. The second kappa shape index (κ2) is 4.24. The number of alkyl carbamates (subject to hydrolysis) is 1. The smallest absolute Gasteiger partial charge is 0.407 e. The zero-order valence-corrected chi connectivity index (χ0v) is 10.9. The quantitative estimate of drug-likeness (QED) is 0.795. The summed E-state index contributed by atoms with van der Waals surface area (Å²) in [5.74, 6) is 0. The lowest BCUT2D eigenvalue weighted by Crippen LogP contribution is -2.50. The van der Waals surface area contributed by atoms with Crippen molar-refractivity contribution in [1.82, 2.24) is 5.32 Å². The Bertz CT molecular complexity index is 363. The van der Waals surface area contributed by atoms with Gasteiger partial charge in [-0.2, -0.15) is 0 Å². The lowest BCUT2D eigenvalue weighted by molar-refractivity contribution is 0.0481. The minimum absolute atomic E-state index is 0.0745. The molecule has 5 nitrogen and oxygen atoms in total. The molecule has 1 N–H and O–H groups in total. The van der Waals surface area contributed by atoms with Crippen molar-refractivity contribution in [3.8, 4) is 0 Å². The van der Waals surface area contributed by atoms with Gasteiger partial charge in [0.15, 0.2) is 0 Å². The first kappa shape index (κ1) is 13.3. The highest BCUT2D eigenvalue weighted by Crippen LogP contribution is 2.26. The van der Waals surface area contributed by atoms with Crippen molar-refractivity contribution >= 4 is 15.9 Å². The van der Waals surface area contributed by atoms with Crippen molar-refractivity contribution in [2.75, 3.05) is 6.26 Å². The number of carbonyl (C=O) groups is 1. The molecule has 0 aromatic carbocycles. The van der Waals surface area contributed by atoms with Crippen molar-refractivity contribution < 1.29 is 17.9 Å². The van der Waals surface area contributed by atoms with Crippen LogP contribution in [-0.2, 0) is 14.6 Å². The van der Waals surface area contributed by atoms with Crippen molar-refractivity contribution in [2.24, 2.45) is 0 Å². The molecule has 1 saturated carbocycles. The summed E-state index contributed by atoms with van der Waals surface area (Å²) in [5.41, 5.74) is -0.524. The van der Waals surface area contributed by atoms with Crippen LogP contribution in [0.1, 0.15) is 33.6 Å². The van der Waals surface area contributed by atoms with Gasteiger partial charge < -0.3 is 10.1 Å². The second-order valence-electron chi connectivity index (χ2n) is 5.27. The van der Waals surface area contributed by atoms with Gasteiger partial charge in [0.05, 0.1) is 5.25 Å². The zero-order chi connectivity index (χ0) is 12.6. The van der Waals surface area contributed by atoms with E-state index in [4.69, 9.17) is 4.74 Å². The summed E-state index contributed by atoms with van der Waals surface area (Å²) < 4.78 is 27.3. The highest BCUT2D eigenvalue weighted by atomic mass is 32.2. The maximum atomic E-state index is 11.3. The molecule has 0 saturated heterocycles. The number of amides is 1. The molecule has 0 heterocycles. The van der Waals surface area contributed by atoms with E-state index in [1.807, 2.05) is 0 Å². The average molecular weight is 249 g/mol. The van der Waals surface area contributed by atoms with Crippen molar-refractivity contribution in [2.45, 2.75) is 50.5 Å². The number of hydrogen-bond acceptors (Lipinski definition) is 4. The van der Waals surface area contributed by atoms with Crippen molar-refractivity contribution in [1.29, 1.82) is 0 Å². The van der Waals surface area contributed by atoms with Crippen LogP contribution in [-0.4, -0.2) is 37.7 Å². The molecule has 0 aromatic rings. The third-order valence-corrected chi connectivity index (χ3v) is 4.02. The van der Waals surface area contributed by atoms with E-state index in [2.05, 4.69) is 5.32 Å². The Morgan fingerprint density at radius 1 is 1.31 bits per heavy atom. The SMILES string of the molecule is CC(C)(C)OC(=O)N[C@H]1C[C@H](S(C)(=O)=O)C1. The summed E-state index contributed by atoms with van der Waals surface area (Å²) >= 11 is 0. The van der Waals surface area contributed by atoms with Crippen LogP contribution in [0.2, 0.25) is 0 Å². The molecule has 0 unspecified atom stereocenters. The number of ether oxygens (including phenoxy) is 1. The highest BCUT2D eigenvalue weighted by Gasteiger charge is 2.37. The first-order valence-corrected chi connectivity index (χ1v) is 7.22. The van der Waals surface area contributed by atoms with E-state index in [0.29, 0.717) is 12.8 Å². The molecule has 16 heavy (non-hydrogen) atoms. The fourth-order valence-corrected chi connectivity index (χ4v) is 2.67. The molecule has 1 amide bonds. The van der Waals surface area contributed by atoms with Crippen molar-refractivity contribution in [3.05, 3.63) is 0 Å². The maximum absolute atomic E-state index is 11.3. The van der Waals surface area contributed by atoms with Gasteiger partial charge in [-0.25, -0.2) is 13.2 Å². The Morgan fingerprint density at radius 3 is 2.19 bits per heavy atom. The van der Waals surface area contributed by atoms with Gasteiger partial charge in [-0.05, 0) is 33.6 Å². The lowest BCUT2D eigenvalue weighted by atomic mass is 9.92. The van der Waals surface area contributed by atoms with E-state index in [9.17, 15) is 13.2 Å². The van der Waals surface area contributed by atoms with Gasteiger partial charge >= 0.3 is 6.09 Å². The maximum Gasteiger partial charge on any atom is 0.407 e. The fourth-order valence-electron chi connectivity index (χ4n) is 1.51. The fraction of sp³-hybridized carbons (Fsp3) is 0.900. The lowest BCUT2D eigenvalue weighted by Gasteiger charge is -2.34. The number of rotatable bonds is 2. The Morgan fingerprint density at radius 2 is 1.81 bits per heavy atom. The number of carbonyl (C=O) groups excluding carboxylic acids is 1. The Balaban J connectivity index is 2.31. The van der Waals surface area contributed by atoms with Gasteiger partial charge in [-0.1, -0.05) is 0 Å². The van der Waals surface area contributed by atoms with Gasteiger partial charge in [-0.3, -0.25) is 0 Å². The summed E-state index contributed by atoms with van der Waals surface area (Å²) in [5, 5.41) is 2.34. The largest absolute Gasteiger partial charge is 0.444 e. The Kier molecular flexibility index (Phi) is 3.52. The number of nitrogens with one attached hydrogen (secondary N) is 1. The number of hydrogen-bond donors (Lipinski definition) is 1. The van der Waals surface area contributed by atoms with Gasteiger partial charge in [0.25, 0.3) is 0 Å². The first-order chi connectivity index (χ1) is 7.08. The van der Waals surface area contributed by atoms with E-state index in [-0.39, 0.29) is 11.3 Å². The van der Waals surface area contributed by atoms with Gasteiger partial charge in [0, 0.05) is 12.3 Å². The van der Waals surface area contributed by atoms with E-state index in [1.165, 1.54) is 6.26 Å². The second-order valence-corrected chi connectivity index (χ2v) is 7.59. The molecule has 0 aliphatic heterocycles. The predicted octanol–water partition coefficient (Wildman–Crippen LogP) is 1.09. The van der Waals surface area contributed by atoms with Crippen LogP contribution in [0.15, 0.2) is 0 Å². The summed E-state index contributed by atoms with van der Waals surface area (Å²) in [4.78, 5) is 11.3. The molecule has 0 spiro atoms. The molecular formula is C10H19NO4S. The minimum atomic E-state index is -2.96. The third kappa shape index (κ3) is 4.00. The monoisotopic (exact) mass is 249 g/mol. The molecular weight excluding hydrogens is 230 g/mol. The molecule has 1 fully saturated rings. The van der Waals surface area contributed by atoms with E-state index in [0.717, 1.165) is 0 Å². The van der Waals surface area contributed by atoms with Crippen LogP contribution in [0.25, 0.3) is 0 Å². The van der Waals surface area contributed by atoms with Gasteiger partial charge in [0.2, 0.25) is 0 Å². The average Bonchev–Trinajstić information content (AvgIpc) is 1.89. The van der Waals surface area contributed by atoms with Crippen LogP contribution in [0.4, 0.5) is 4.79 Å². The van der Waals surface area contributed by atoms with E-state index >= 15 is 0 Å². The Labute approximate surface area is 96.5 Å². The molecule has 0 aromatic heterocycles. The highest BCUT2D eigenvalue weighted by molar-refractivity contribution is 7.91. The van der Waals surface area contributed by atoms with E-state index < -0.39 is 21.5 Å². The van der Waals surface area contributed by atoms with Crippen LogP contribution in [0.3, 0.4) is 0 Å². The molecule has 0 bridgehead atoms. The third-order valence-electron chi connectivity index (χ3n) is 2.42.